The first-order valence-electron chi connectivity index (χ1n) is 6.22. The predicted octanol–water partition coefficient (Wildman–Crippen LogP) is 3.68. The quantitative estimate of drug-likeness (QED) is 0.750. The topological polar surface area (TPSA) is 20.3 Å². The van der Waals surface area contributed by atoms with Gasteiger partial charge in [-0.15, -0.1) is 11.8 Å². The van der Waals surface area contributed by atoms with Crippen molar-refractivity contribution in [1.82, 2.24) is 4.90 Å². The Bertz CT molecular complexity index is 228. The second-order valence-electron chi connectivity index (χ2n) is 3.91. The van der Waals surface area contributed by atoms with E-state index < -0.39 is 0 Å². The molecule has 0 aromatic carbocycles. The summed E-state index contributed by atoms with van der Waals surface area (Å²) in [5.74, 6) is 1.27. The zero-order chi connectivity index (χ0) is 12.6. The highest BCUT2D eigenvalue weighted by Gasteiger charge is 2.33. The minimum atomic E-state index is 0.143. The molecule has 1 unspecified atom stereocenters. The molecule has 0 radical (unpaired) electrons. The van der Waals surface area contributed by atoms with Crippen molar-refractivity contribution in [3.05, 3.63) is 12.3 Å². The minimum Gasteiger partial charge on any atom is -0.316 e. The van der Waals surface area contributed by atoms with Crippen LogP contribution in [0.15, 0.2) is 12.3 Å². The van der Waals surface area contributed by atoms with Crippen molar-refractivity contribution in [2.75, 3.05) is 12.3 Å². The third-order valence-corrected chi connectivity index (χ3v) is 3.26. The first-order valence-corrected chi connectivity index (χ1v) is 7.27. The van der Waals surface area contributed by atoms with E-state index in [1.165, 1.54) is 6.42 Å². The molecule has 3 heteroatoms. The summed E-state index contributed by atoms with van der Waals surface area (Å²) in [5.41, 5.74) is 0.998. The predicted molar refractivity (Wildman–Crippen MR) is 73.6 cm³/mol. The molecule has 0 aromatic heterocycles. The van der Waals surface area contributed by atoms with E-state index >= 15 is 0 Å². The second kappa shape index (κ2) is 8.68. The van der Waals surface area contributed by atoms with Gasteiger partial charge >= 0.3 is 0 Å². The van der Waals surface area contributed by atoms with Crippen molar-refractivity contribution < 1.29 is 4.79 Å². The average molecular weight is 243 g/mol. The van der Waals surface area contributed by atoms with Crippen molar-refractivity contribution in [3.8, 4) is 0 Å². The molecule has 0 N–H and O–H groups in total. The summed E-state index contributed by atoms with van der Waals surface area (Å²) in [5, 5.41) is 0.143. The molecule has 1 aliphatic heterocycles. The van der Waals surface area contributed by atoms with Gasteiger partial charge < -0.3 is 4.90 Å². The molecule has 0 bridgehead atoms. The van der Waals surface area contributed by atoms with Crippen molar-refractivity contribution >= 4 is 17.7 Å². The lowest BCUT2D eigenvalue weighted by Gasteiger charge is -2.15. The van der Waals surface area contributed by atoms with Crippen molar-refractivity contribution in [3.63, 3.8) is 0 Å². The Morgan fingerprint density at radius 1 is 1.38 bits per heavy atom. The van der Waals surface area contributed by atoms with Gasteiger partial charge in [-0.2, -0.15) is 0 Å². The number of carbonyl (C=O) groups is 1. The molecule has 1 aliphatic rings. The van der Waals surface area contributed by atoms with E-state index in [0.29, 0.717) is 0 Å². The molecular weight excluding hydrogens is 218 g/mol. The maximum Gasteiger partial charge on any atom is 0.240 e. The number of likely N-dealkylation sites (tertiary alicyclic amines) is 1. The molecule has 1 amide bonds. The Morgan fingerprint density at radius 3 is 2.38 bits per heavy atom. The molecule has 1 saturated heterocycles. The Balaban J connectivity index is 0.000000673. The van der Waals surface area contributed by atoms with E-state index in [0.717, 1.165) is 30.8 Å². The number of nitrogens with zero attached hydrogens (tertiary/aromatic N) is 1. The number of amides is 1. The van der Waals surface area contributed by atoms with E-state index in [4.69, 9.17) is 0 Å². The zero-order valence-corrected chi connectivity index (χ0v) is 11.9. The van der Waals surface area contributed by atoms with Crippen LogP contribution in [0.3, 0.4) is 0 Å². The fraction of sp³-hybridized carbons (Fsp3) is 0.769. The smallest absolute Gasteiger partial charge is 0.240 e. The van der Waals surface area contributed by atoms with Crippen LogP contribution in [0.2, 0.25) is 0 Å². The van der Waals surface area contributed by atoms with Crippen molar-refractivity contribution in [2.24, 2.45) is 0 Å². The van der Waals surface area contributed by atoms with Crippen molar-refractivity contribution in [2.45, 2.75) is 52.2 Å². The van der Waals surface area contributed by atoms with Crippen LogP contribution in [0, 0.1) is 0 Å². The Hall–Kier alpha value is -0.440. The molecule has 1 fully saturated rings. The lowest BCUT2D eigenvalue weighted by atomic mass is 10.3. The van der Waals surface area contributed by atoms with Gasteiger partial charge in [0.15, 0.2) is 0 Å². The van der Waals surface area contributed by atoms with E-state index in [-0.39, 0.29) is 11.2 Å². The molecule has 0 saturated carbocycles. The van der Waals surface area contributed by atoms with Crippen LogP contribution in [0.1, 0.15) is 47.0 Å². The molecule has 1 heterocycles. The van der Waals surface area contributed by atoms with Gasteiger partial charge in [-0.05, 0) is 12.2 Å². The summed E-state index contributed by atoms with van der Waals surface area (Å²) in [4.78, 5) is 13.6. The van der Waals surface area contributed by atoms with E-state index in [1.807, 2.05) is 4.90 Å². The highest BCUT2D eigenvalue weighted by Crippen LogP contribution is 2.30. The summed E-state index contributed by atoms with van der Waals surface area (Å²) in [6.45, 7) is 13.2. The van der Waals surface area contributed by atoms with Crippen LogP contribution in [-0.2, 0) is 4.79 Å². The fourth-order valence-corrected chi connectivity index (χ4v) is 2.55. The summed E-state index contributed by atoms with van der Waals surface area (Å²) in [6.07, 6.45) is 3.10. The molecule has 0 aliphatic carbocycles. The second-order valence-corrected chi connectivity index (χ2v) is 5.39. The number of allylic oxidation sites excluding steroid dienone is 1. The number of rotatable bonds is 4. The van der Waals surface area contributed by atoms with Crippen LogP contribution in [0.25, 0.3) is 0 Å². The Labute approximate surface area is 104 Å². The van der Waals surface area contributed by atoms with Crippen LogP contribution in [-0.4, -0.2) is 28.4 Å². The first kappa shape index (κ1) is 15.6. The maximum atomic E-state index is 11.7. The van der Waals surface area contributed by atoms with Gasteiger partial charge in [0.1, 0.15) is 0 Å². The summed E-state index contributed by atoms with van der Waals surface area (Å²) in [6, 6.07) is 0. The third-order valence-electron chi connectivity index (χ3n) is 2.16. The number of carbonyl (C=O) groups excluding carboxylic acids is 1. The lowest BCUT2D eigenvalue weighted by Crippen LogP contribution is -2.28. The normalized spacial score (nSPS) is 19.8. The standard InChI is InChI=1S/C10H17NOS.C3H8/c1-4-6-11-8(3)7-9(10(11)12)13-5-2;1-3-2/h9H,3-7H2,1-2H3;3H2,1-2H3. The SMILES string of the molecule is C=C1CC(SCC)C(=O)N1CCC.CCC. The van der Waals surface area contributed by atoms with Gasteiger partial charge in [0.25, 0.3) is 0 Å². The monoisotopic (exact) mass is 243 g/mol. The van der Waals surface area contributed by atoms with E-state index in [1.54, 1.807) is 11.8 Å². The number of thioether (sulfide) groups is 1. The summed E-state index contributed by atoms with van der Waals surface area (Å²) in [7, 11) is 0. The molecule has 94 valence electrons. The van der Waals surface area contributed by atoms with E-state index in [2.05, 4.69) is 34.3 Å². The van der Waals surface area contributed by atoms with Gasteiger partial charge in [-0.3, -0.25) is 4.79 Å². The van der Waals surface area contributed by atoms with Gasteiger partial charge in [0, 0.05) is 18.7 Å². The van der Waals surface area contributed by atoms with Crippen LogP contribution < -0.4 is 0 Å². The highest BCUT2D eigenvalue weighted by atomic mass is 32.2. The lowest BCUT2D eigenvalue weighted by molar-refractivity contribution is -0.126. The molecular formula is C13H25NOS. The van der Waals surface area contributed by atoms with Crippen LogP contribution >= 0.6 is 11.8 Å². The molecule has 1 atom stereocenters. The van der Waals surface area contributed by atoms with Gasteiger partial charge in [0.05, 0.1) is 5.25 Å². The van der Waals surface area contributed by atoms with Crippen molar-refractivity contribution in [1.29, 1.82) is 0 Å². The maximum absolute atomic E-state index is 11.7. The molecule has 0 spiro atoms. The Morgan fingerprint density at radius 2 is 1.94 bits per heavy atom. The van der Waals surface area contributed by atoms with E-state index in [9.17, 15) is 4.79 Å². The minimum absolute atomic E-state index is 0.143. The number of hydrogen-bond acceptors (Lipinski definition) is 2. The van der Waals surface area contributed by atoms with Crippen LogP contribution in [0.4, 0.5) is 0 Å². The molecule has 16 heavy (non-hydrogen) atoms. The highest BCUT2D eigenvalue weighted by molar-refractivity contribution is 8.00. The fourth-order valence-electron chi connectivity index (χ4n) is 1.56. The molecule has 1 rings (SSSR count). The molecule has 2 nitrogen and oxygen atoms in total. The first-order chi connectivity index (χ1) is 7.62. The number of hydrogen-bond donors (Lipinski definition) is 0. The Kier molecular flexibility index (Phi) is 8.44. The van der Waals surface area contributed by atoms with Gasteiger partial charge in [-0.25, -0.2) is 0 Å². The van der Waals surface area contributed by atoms with Gasteiger partial charge in [-0.1, -0.05) is 40.7 Å². The molecule has 0 aromatic rings. The zero-order valence-electron chi connectivity index (χ0n) is 11.1. The largest absolute Gasteiger partial charge is 0.316 e. The summed E-state index contributed by atoms with van der Waals surface area (Å²) < 4.78 is 0. The third kappa shape index (κ3) is 4.60. The van der Waals surface area contributed by atoms with Gasteiger partial charge in [0.2, 0.25) is 5.91 Å². The summed E-state index contributed by atoms with van der Waals surface area (Å²) >= 11 is 1.73. The van der Waals surface area contributed by atoms with Crippen LogP contribution in [0.5, 0.6) is 0 Å². The average Bonchev–Trinajstić information content (AvgIpc) is 2.48.